The Morgan fingerprint density at radius 3 is 2.18 bits per heavy atom. The first-order valence-corrected chi connectivity index (χ1v) is 18.5. The van der Waals surface area contributed by atoms with E-state index in [1.165, 1.54) is 4.90 Å². The Balaban J connectivity index is 1.52. The highest BCUT2D eigenvalue weighted by molar-refractivity contribution is 7.94. The number of ether oxygens (including phenoxy) is 3. The second-order valence-corrected chi connectivity index (χ2v) is 16.0. The smallest absolute Gasteiger partial charge is 0.330 e. The molecule has 0 aliphatic carbocycles. The zero-order chi connectivity index (χ0) is 41.3. The van der Waals surface area contributed by atoms with Crippen molar-refractivity contribution in [3.05, 3.63) is 59.7 Å². The van der Waals surface area contributed by atoms with E-state index in [-0.39, 0.29) is 44.0 Å². The van der Waals surface area contributed by atoms with E-state index in [0.717, 1.165) is 45.9 Å². The van der Waals surface area contributed by atoms with Gasteiger partial charge < -0.3 is 35.1 Å². The fourth-order valence-corrected chi connectivity index (χ4v) is 9.18. The number of sulfone groups is 1. The van der Waals surface area contributed by atoms with Crippen molar-refractivity contribution in [2.45, 2.75) is 69.1 Å². The quantitative estimate of drug-likeness (QED) is 0.0767. The van der Waals surface area contributed by atoms with Crippen LogP contribution in [0, 0.1) is 0 Å². The summed E-state index contributed by atoms with van der Waals surface area (Å²) in [7, 11) is -4.82. The van der Waals surface area contributed by atoms with E-state index in [0.29, 0.717) is 15.4 Å². The van der Waals surface area contributed by atoms with Crippen LogP contribution in [0.3, 0.4) is 0 Å². The maximum atomic E-state index is 14.3. The number of rotatable bonds is 12. The Morgan fingerprint density at radius 1 is 0.929 bits per heavy atom. The van der Waals surface area contributed by atoms with Gasteiger partial charge in [-0.2, -0.15) is 0 Å². The number of carbonyl (C=O) groups excluding carboxylic acids is 9. The molecule has 5 rings (SSSR count). The Hall–Kier alpha value is -6.38. The summed E-state index contributed by atoms with van der Waals surface area (Å²) in [5.41, 5.74) is 0.341. The lowest BCUT2D eigenvalue weighted by Gasteiger charge is -2.52. The highest BCUT2D eigenvalue weighted by Gasteiger charge is 2.82. The minimum atomic E-state index is -4.82. The normalized spacial score (nSPS) is 22.5. The highest BCUT2D eigenvalue weighted by Crippen LogP contribution is 2.52. The molecule has 3 fully saturated rings. The van der Waals surface area contributed by atoms with E-state index in [4.69, 9.17) is 14.2 Å². The average molecular weight is 799 g/mol. The summed E-state index contributed by atoms with van der Waals surface area (Å²) in [4.78, 5) is 116. The fraction of sp³-hybridized carbons (Fsp3) is 0.400. The second-order valence-electron chi connectivity index (χ2n) is 13.3. The third-order valence-corrected chi connectivity index (χ3v) is 12.5. The molecule has 3 aliphatic heterocycles. The molecule has 3 heterocycles. The topological polar surface area (TPSA) is 261 Å². The first-order valence-electron chi connectivity index (χ1n) is 17.1. The van der Waals surface area contributed by atoms with Gasteiger partial charge in [0, 0.05) is 33.5 Å². The number of nitrogens with zero attached hydrogens (tertiary/aromatic N) is 3. The molecule has 2 aromatic carbocycles. The summed E-state index contributed by atoms with van der Waals surface area (Å²) in [5, 5.41) is 6.67. The minimum absolute atomic E-state index is 0.0269. The van der Waals surface area contributed by atoms with E-state index >= 15 is 0 Å². The Bertz CT molecular complexity index is 2130. The van der Waals surface area contributed by atoms with Gasteiger partial charge in [0.15, 0.2) is 23.6 Å². The molecule has 3 saturated heterocycles. The molecule has 0 aromatic heterocycles. The summed E-state index contributed by atoms with van der Waals surface area (Å²) in [5.74, 6) is -8.13. The maximum Gasteiger partial charge on any atom is 0.330 e. The van der Waals surface area contributed by atoms with Gasteiger partial charge >= 0.3 is 35.8 Å². The summed E-state index contributed by atoms with van der Waals surface area (Å²) >= 11 is 0. The Labute approximate surface area is 319 Å². The summed E-state index contributed by atoms with van der Waals surface area (Å²) in [6, 6.07) is 4.57. The number of hydrogen-bond acceptors (Lipinski definition) is 14. The second kappa shape index (κ2) is 15.4. The fourth-order valence-electron chi connectivity index (χ4n) is 6.75. The van der Waals surface area contributed by atoms with Crippen LogP contribution in [0.1, 0.15) is 51.8 Å². The van der Waals surface area contributed by atoms with Crippen molar-refractivity contribution in [1.29, 1.82) is 0 Å². The van der Waals surface area contributed by atoms with Crippen molar-refractivity contribution in [1.82, 2.24) is 30.7 Å². The van der Waals surface area contributed by atoms with Crippen molar-refractivity contribution in [3.63, 3.8) is 0 Å². The summed E-state index contributed by atoms with van der Waals surface area (Å²) in [6.07, 6.45) is -0.0269. The number of amides is 7. The number of likely N-dealkylation sites (N-methyl/N-ethyl adjacent to an activating group) is 1. The molecule has 0 radical (unpaired) electrons. The number of urea groups is 1. The standard InChI is InChI=1S/C35H38N6O14S/c1-6-39-14-15-40(31(48)30(39)47)33(50)37-25(22-12-13-23(54-19(2)43)24(16-22)55-20(3)44)28(45)38-26-29(46)41-27(32(49)53-17-21-10-8-7-9-11-21)34(4,5)56(51,52)35(26,41)36-18-42/h7-13,16,18,25-27H,6,14-15,17H2,1-5H3,(H,36,42)(H,37,50)(H,38,45)/t25?,26-,27+,35?/m1/s1. The molecule has 20 nitrogen and oxygen atoms in total. The van der Waals surface area contributed by atoms with Gasteiger partial charge in [-0.3, -0.25) is 43.4 Å². The molecular formula is C35H38N6O14S. The van der Waals surface area contributed by atoms with E-state index in [1.54, 1.807) is 37.3 Å². The average Bonchev–Trinajstić information content (AvgIpc) is 3.26. The summed E-state index contributed by atoms with van der Waals surface area (Å²) < 4.78 is 42.2. The molecule has 298 valence electrons. The van der Waals surface area contributed by atoms with Crippen LogP contribution in [-0.4, -0.2) is 119 Å². The number of β-lactam (4-membered cyclic amide) rings is 1. The van der Waals surface area contributed by atoms with Gasteiger partial charge in [0.05, 0.1) is 0 Å². The molecule has 21 heteroatoms. The molecule has 0 bridgehead atoms. The van der Waals surface area contributed by atoms with Crippen LogP contribution in [-0.2, 0) is 59.5 Å². The summed E-state index contributed by atoms with van der Waals surface area (Å²) in [6.45, 7) is 5.59. The van der Waals surface area contributed by atoms with Crippen LogP contribution in [0.25, 0.3) is 0 Å². The number of nitrogens with one attached hydrogen (secondary N) is 3. The van der Waals surface area contributed by atoms with Gasteiger partial charge in [0.1, 0.15) is 17.4 Å². The number of piperazine rings is 1. The molecule has 3 N–H and O–H groups in total. The van der Waals surface area contributed by atoms with Crippen LogP contribution in [0.2, 0.25) is 0 Å². The largest absolute Gasteiger partial charge is 0.459 e. The van der Waals surface area contributed by atoms with Crippen molar-refractivity contribution in [2.24, 2.45) is 0 Å². The third kappa shape index (κ3) is 6.88. The van der Waals surface area contributed by atoms with Crippen molar-refractivity contribution in [2.75, 3.05) is 19.6 Å². The monoisotopic (exact) mass is 798 g/mol. The maximum absolute atomic E-state index is 14.3. The lowest BCUT2D eigenvalue weighted by atomic mass is 9.92. The van der Waals surface area contributed by atoms with Gasteiger partial charge in [-0.15, -0.1) is 0 Å². The van der Waals surface area contributed by atoms with Crippen LogP contribution in [0.15, 0.2) is 48.5 Å². The van der Waals surface area contributed by atoms with Crippen LogP contribution in [0.4, 0.5) is 4.79 Å². The number of carbonyl (C=O) groups is 9. The molecule has 0 spiro atoms. The molecule has 2 aromatic rings. The predicted molar refractivity (Wildman–Crippen MR) is 188 cm³/mol. The molecular weight excluding hydrogens is 760 g/mol. The van der Waals surface area contributed by atoms with Crippen LogP contribution in [0.5, 0.6) is 11.5 Å². The Morgan fingerprint density at radius 2 is 1.57 bits per heavy atom. The van der Waals surface area contributed by atoms with Gasteiger partial charge in [-0.25, -0.2) is 18.0 Å². The van der Waals surface area contributed by atoms with Crippen molar-refractivity contribution >= 4 is 63.8 Å². The van der Waals surface area contributed by atoms with Crippen LogP contribution < -0.4 is 25.4 Å². The van der Waals surface area contributed by atoms with E-state index in [2.05, 4.69) is 16.0 Å². The SMILES string of the molecule is CCN1CCN(C(=O)NC(C(=O)N[C@@H]2C(=O)N3[C@@H](C(=O)OCc4ccccc4)C(C)(C)S(=O)(=O)C23NC=O)c2ccc(OC(C)=O)c(OC(C)=O)c2)C(=O)C1=O. The number of hydrogen-bond donors (Lipinski definition) is 3. The number of benzene rings is 2. The zero-order valence-corrected chi connectivity index (χ0v) is 31.5. The number of esters is 3. The van der Waals surface area contributed by atoms with E-state index < -0.39 is 91.0 Å². The minimum Gasteiger partial charge on any atom is -0.459 e. The van der Waals surface area contributed by atoms with Gasteiger partial charge in [-0.05, 0) is 44.0 Å². The molecule has 56 heavy (non-hydrogen) atoms. The first-order chi connectivity index (χ1) is 26.3. The third-order valence-electron chi connectivity index (χ3n) is 9.53. The molecule has 4 atom stereocenters. The zero-order valence-electron chi connectivity index (χ0n) is 30.7. The molecule has 3 aliphatic rings. The highest BCUT2D eigenvalue weighted by atomic mass is 32.2. The van der Waals surface area contributed by atoms with E-state index in [1.807, 2.05) is 0 Å². The van der Waals surface area contributed by atoms with Gasteiger partial charge in [0.25, 0.3) is 10.9 Å². The van der Waals surface area contributed by atoms with Crippen molar-refractivity contribution in [3.8, 4) is 11.5 Å². The predicted octanol–water partition coefficient (Wildman–Crippen LogP) is -0.976. The van der Waals surface area contributed by atoms with Crippen molar-refractivity contribution < 1.29 is 65.8 Å². The number of imide groups is 1. The van der Waals surface area contributed by atoms with Crippen LogP contribution >= 0.6 is 0 Å². The number of fused-ring (bicyclic) bond motifs is 1. The van der Waals surface area contributed by atoms with E-state index in [9.17, 15) is 51.6 Å². The lowest BCUT2D eigenvalue weighted by molar-refractivity contribution is -0.174. The van der Waals surface area contributed by atoms with Gasteiger partial charge in [0.2, 0.25) is 22.2 Å². The first kappa shape index (κ1) is 40.8. The van der Waals surface area contributed by atoms with Gasteiger partial charge in [-0.1, -0.05) is 36.4 Å². The lowest BCUT2D eigenvalue weighted by Crippen LogP contribution is -2.85. The molecule has 0 saturated carbocycles. The molecule has 2 unspecified atom stereocenters. The Kier molecular flexibility index (Phi) is 11.2. The molecule has 7 amide bonds.